The number of nitrogens with zero attached hydrogens (tertiary/aromatic N) is 3. The summed E-state index contributed by atoms with van der Waals surface area (Å²) in [6.45, 7) is 0.511. The zero-order valence-corrected chi connectivity index (χ0v) is 16.3. The minimum Gasteiger partial charge on any atom is -0.335 e. The number of alkyl halides is 3. The predicted molar refractivity (Wildman–Crippen MR) is 95.3 cm³/mol. The molecule has 0 saturated carbocycles. The van der Waals surface area contributed by atoms with Gasteiger partial charge in [0.15, 0.2) is 17.4 Å². The van der Waals surface area contributed by atoms with Crippen molar-refractivity contribution in [1.29, 1.82) is 0 Å². The van der Waals surface area contributed by atoms with Crippen LogP contribution in [0.2, 0.25) is 0 Å². The van der Waals surface area contributed by atoms with Crippen LogP contribution in [0, 0.1) is 17.5 Å². The van der Waals surface area contributed by atoms with Crippen molar-refractivity contribution < 1.29 is 35.9 Å². The Kier molecular flexibility index (Phi) is 6.12. The SMILES string of the molecule is CC(=O)c1nc(C(F)(F)F)n2c1CN(C(=O)C[C@H](N)Cc1cc(F)c(F)cc1F)CC2. The summed E-state index contributed by atoms with van der Waals surface area (Å²) in [6.07, 6.45) is -5.32. The fourth-order valence-corrected chi connectivity index (χ4v) is 3.51. The van der Waals surface area contributed by atoms with E-state index >= 15 is 0 Å². The third-order valence-corrected chi connectivity index (χ3v) is 4.95. The highest BCUT2D eigenvalue weighted by Crippen LogP contribution is 2.32. The monoisotopic (exact) mass is 448 g/mol. The largest absolute Gasteiger partial charge is 0.449 e. The molecule has 1 aromatic carbocycles. The quantitative estimate of drug-likeness (QED) is 0.433. The Morgan fingerprint density at radius 2 is 1.77 bits per heavy atom. The van der Waals surface area contributed by atoms with Gasteiger partial charge in [-0.3, -0.25) is 9.59 Å². The smallest absolute Gasteiger partial charge is 0.335 e. The molecule has 0 aliphatic carbocycles. The van der Waals surface area contributed by atoms with E-state index in [0.29, 0.717) is 12.1 Å². The van der Waals surface area contributed by atoms with Gasteiger partial charge in [0.25, 0.3) is 0 Å². The minimum absolute atomic E-state index is 0.0281. The lowest BCUT2D eigenvalue weighted by Gasteiger charge is -2.30. The Balaban J connectivity index is 1.73. The first-order chi connectivity index (χ1) is 14.4. The van der Waals surface area contributed by atoms with Crippen molar-refractivity contribution in [3.05, 3.63) is 52.4 Å². The third kappa shape index (κ3) is 4.73. The van der Waals surface area contributed by atoms with Gasteiger partial charge in [0, 0.05) is 38.5 Å². The number of imidazole rings is 1. The predicted octanol–water partition coefficient (Wildman–Crippen LogP) is 2.82. The number of aromatic nitrogens is 2. The Labute approximate surface area is 172 Å². The second-order valence-corrected chi connectivity index (χ2v) is 7.28. The third-order valence-electron chi connectivity index (χ3n) is 4.95. The van der Waals surface area contributed by atoms with E-state index in [-0.39, 0.29) is 49.4 Å². The van der Waals surface area contributed by atoms with Gasteiger partial charge in [-0.15, -0.1) is 0 Å². The molecule has 12 heteroatoms. The van der Waals surface area contributed by atoms with E-state index in [1.54, 1.807) is 0 Å². The lowest BCUT2D eigenvalue weighted by molar-refractivity contribution is -0.148. The number of nitrogens with two attached hydrogens (primary N) is 1. The van der Waals surface area contributed by atoms with Gasteiger partial charge in [-0.05, 0) is 18.1 Å². The van der Waals surface area contributed by atoms with Gasteiger partial charge in [0.2, 0.25) is 11.7 Å². The molecule has 6 nitrogen and oxygen atoms in total. The van der Waals surface area contributed by atoms with Crippen LogP contribution in [0.25, 0.3) is 0 Å². The average molecular weight is 448 g/mol. The zero-order chi connectivity index (χ0) is 23.1. The number of carbonyl (C=O) groups is 2. The van der Waals surface area contributed by atoms with Crippen LogP contribution in [-0.4, -0.2) is 38.7 Å². The number of amides is 1. The number of fused-ring (bicyclic) bond motifs is 1. The molecule has 1 aliphatic rings. The molecular weight excluding hydrogens is 430 g/mol. The van der Waals surface area contributed by atoms with Crippen molar-refractivity contribution in [3.8, 4) is 0 Å². The maximum atomic E-state index is 13.8. The van der Waals surface area contributed by atoms with Crippen LogP contribution < -0.4 is 5.73 Å². The topological polar surface area (TPSA) is 81.2 Å². The molecule has 168 valence electrons. The fraction of sp³-hybridized carbons (Fsp3) is 0.421. The molecule has 0 spiro atoms. The molecule has 1 atom stereocenters. The van der Waals surface area contributed by atoms with Crippen LogP contribution in [0.4, 0.5) is 26.3 Å². The van der Waals surface area contributed by atoms with Crippen molar-refractivity contribution in [3.63, 3.8) is 0 Å². The molecule has 0 saturated heterocycles. The summed E-state index contributed by atoms with van der Waals surface area (Å²) < 4.78 is 80.6. The number of hydrogen-bond donors (Lipinski definition) is 1. The van der Waals surface area contributed by atoms with Gasteiger partial charge >= 0.3 is 6.18 Å². The molecule has 0 fully saturated rings. The lowest BCUT2D eigenvalue weighted by Crippen LogP contribution is -2.42. The zero-order valence-electron chi connectivity index (χ0n) is 16.3. The molecule has 1 aliphatic heterocycles. The molecular formula is C19H18F6N4O2. The van der Waals surface area contributed by atoms with Gasteiger partial charge in [0.1, 0.15) is 11.5 Å². The maximum Gasteiger partial charge on any atom is 0.449 e. The van der Waals surface area contributed by atoms with Crippen LogP contribution in [0.15, 0.2) is 12.1 Å². The summed E-state index contributed by atoms with van der Waals surface area (Å²) in [5.41, 5.74) is 5.26. The number of ketones is 1. The van der Waals surface area contributed by atoms with Crippen LogP contribution in [0.3, 0.4) is 0 Å². The van der Waals surface area contributed by atoms with E-state index in [4.69, 9.17) is 5.73 Å². The van der Waals surface area contributed by atoms with E-state index in [9.17, 15) is 35.9 Å². The molecule has 1 aromatic heterocycles. The number of hydrogen-bond acceptors (Lipinski definition) is 4. The fourth-order valence-electron chi connectivity index (χ4n) is 3.51. The lowest BCUT2D eigenvalue weighted by atomic mass is 10.0. The summed E-state index contributed by atoms with van der Waals surface area (Å²) in [4.78, 5) is 29.0. The molecule has 2 N–H and O–H groups in total. The van der Waals surface area contributed by atoms with Crippen molar-refractivity contribution in [2.24, 2.45) is 5.73 Å². The number of benzene rings is 1. The molecule has 0 bridgehead atoms. The first-order valence-corrected chi connectivity index (χ1v) is 9.22. The molecule has 0 unspecified atom stereocenters. The molecule has 2 aromatic rings. The second kappa shape index (κ2) is 8.33. The first kappa shape index (κ1) is 22.8. The van der Waals surface area contributed by atoms with Crippen molar-refractivity contribution in [2.75, 3.05) is 6.54 Å². The van der Waals surface area contributed by atoms with Gasteiger partial charge in [-0.1, -0.05) is 0 Å². The molecule has 31 heavy (non-hydrogen) atoms. The summed E-state index contributed by atoms with van der Waals surface area (Å²) in [5, 5.41) is 0. The van der Waals surface area contributed by atoms with Crippen LogP contribution in [0.5, 0.6) is 0 Å². The van der Waals surface area contributed by atoms with E-state index in [1.165, 1.54) is 4.90 Å². The minimum atomic E-state index is -4.76. The van der Waals surface area contributed by atoms with Crippen molar-refractivity contribution in [2.45, 2.75) is 45.1 Å². The number of Topliss-reactive ketones (excluding diaryl/α,β-unsaturated/α-hetero) is 1. The Morgan fingerprint density at radius 1 is 1.13 bits per heavy atom. The van der Waals surface area contributed by atoms with E-state index < -0.39 is 47.2 Å². The Bertz CT molecular complexity index is 1030. The van der Waals surface area contributed by atoms with E-state index in [0.717, 1.165) is 11.5 Å². The van der Waals surface area contributed by atoms with Crippen molar-refractivity contribution >= 4 is 11.7 Å². The average Bonchev–Trinajstić information content (AvgIpc) is 3.05. The molecule has 2 heterocycles. The maximum absolute atomic E-state index is 13.8. The molecule has 0 radical (unpaired) electrons. The highest BCUT2D eigenvalue weighted by Gasteiger charge is 2.41. The molecule has 3 rings (SSSR count). The van der Waals surface area contributed by atoms with Gasteiger partial charge < -0.3 is 15.2 Å². The van der Waals surface area contributed by atoms with Crippen molar-refractivity contribution in [1.82, 2.24) is 14.5 Å². The number of rotatable bonds is 5. The van der Waals surface area contributed by atoms with Crippen LogP contribution in [0.1, 0.15) is 40.9 Å². The first-order valence-electron chi connectivity index (χ1n) is 9.22. The summed E-state index contributed by atoms with van der Waals surface area (Å²) in [5.74, 6) is -6.02. The van der Waals surface area contributed by atoms with E-state index in [1.807, 2.05) is 0 Å². The van der Waals surface area contributed by atoms with Gasteiger partial charge in [-0.2, -0.15) is 13.2 Å². The summed E-state index contributed by atoms with van der Waals surface area (Å²) in [7, 11) is 0. The van der Waals surface area contributed by atoms with E-state index in [2.05, 4.69) is 4.98 Å². The normalized spacial score (nSPS) is 15.0. The highest BCUT2D eigenvalue weighted by atomic mass is 19.4. The standard InChI is InChI=1S/C19H18F6N4O2/c1-9(30)17-15-8-28(2-3-29(15)18(27-17)19(23,24)25)16(31)6-11(26)4-10-5-13(21)14(22)7-12(10)20/h5,7,11H,2-4,6,8,26H2,1H3/t11-/m1/s1. The Morgan fingerprint density at radius 3 is 2.39 bits per heavy atom. The van der Waals surface area contributed by atoms with Crippen LogP contribution in [-0.2, 0) is 30.5 Å². The highest BCUT2D eigenvalue weighted by molar-refractivity contribution is 5.93. The number of carbonyl (C=O) groups excluding carboxylic acids is 2. The van der Waals surface area contributed by atoms with Gasteiger partial charge in [0.05, 0.1) is 12.2 Å². The summed E-state index contributed by atoms with van der Waals surface area (Å²) in [6, 6.07) is 0.0930. The second-order valence-electron chi connectivity index (χ2n) is 7.28. The number of halogens is 6. The Hall–Kier alpha value is -2.89. The van der Waals surface area contributed by atoms with Crippen LogP contribution >= 0.6 is 0 Å². The van der Waals surface area contributed by atoms with Gasteiger partial charge in [-0.25, -0.2) is 18.2 Å². The molecule has 1 amide bonds. The summed E-state index contributed by atoms with van der Waals surface area (Å²) >= 11 is 0.